The van der Waals surface area contributed by atoms with Crippen LogP contribution in [-0.4, -0.2) is 45.2 Å². The number of Topliss-reactive ketones (excluding diaryl/α,β-unsaturated/α-hetero) is 1. The zero-order valence-electron chi connectivity index (χ0n) is 13.7. The van der Waals surface area contributed by atoms with E-state index in [1.807, 2.05) is 0 Å². The minimum atomic E-state index is -0.828. The standard InChI is InChI=1S/C16H22N2O5/c1-4-22-16(20)12(2)15(19)11-17-18-13-5-7-14(8-6-13)23-10-9-21-3/h5-8,12H,4,9-11H2,1-3H3. The number of esters is 1. The fourth-order valence-corrected chi connectivity index (χ4v) is 1.57. The molecule has 0 heterocycles. The van der Waals surface area contributed by atoms with Crippen LogP contribution in [0.15, 0.2) is 34.5 Å². The molecule has 0 spiro atoms. The second kappa shape index (κ2) is 10.4. The van der Waals surface area contributed by atoms with Crippen molar-refractivity contribution in [3.05, 3.63) is 24.3 Å². The Hall–Kier alpha value is -2.28. The predicted molar refractivity (Wildman–Crippen MR) is 84.0 cm³/mol. The van der Waals surface area contributed by atoms with E-state index in [0.29, 0.717) is 24.7 Å². The van der Waals surface area contributed by atoms with Crippen LogP contribution >= 0.6 is 0 Å². The number of ketones is 1. The normalized spacial score (nSPS) is 12.1. The van der Waals surface area contributed by atoms with E-state index in [-0.39, 0.29) is 18.9 Å². The maximum absolute atomic E-state index is 11.8. The smallest absolute Gasteiger partial charge is 0.316 e. The summed E-state index contributed by atoms with van der Waals surface area (Å²) in [5, 5.41) is 7.76. The molecule has 0 amide bonds. The van der Waals surface area contributed by atoms with Gasteiger partial charge in [-0.2, -0.15) is 10.2 Å². The highest BCUT2D eigenvalue weighted by molar-refractivity contribution is 5.99. The lowest BCUT2D eigenvalue weighted by molar-refractivity contribution is -0.150. The Morgan fingerprint density at radius 3 is 2.48 bits per heavy atom. The Kier molecular flexibility index (Phi) is 8.52. The summed E-state index contributed by atoms with van der Waals surface area (Å²) in [6, 6.07) is 6.97. The summed E-state index contributed by atoms with van der Waals surface area (Å²) in [5.41, 5.74) is 0.598. The van der Waals surface area contributed by atoms with Gasteiger partial charge in [0, 0.05) is 7.11 Å². The molecule has 1 aromatic carbocycles. The number of benzene rings is 1. The third kappa shape index (κ3) is 7.01. The van der Waals surface area contributed by atoms with Crippen molar-refractivity contribution in [3.8, 4) is 5.75 Å². The van der Waals surface area contributed by atoms with Gasteiger partial charge in [0.25, 0.3) is 0 Å². The van der Waals surface area contributed by atoms with Gasteiger partial charge in [-0.3, -0.25) is 9.59 Å². The molecule has 126 valence electrons. The topological polar surface area (TPSA) is 86.6 Å². The number of ether oxygens (including phenoxy) is 3. The lowest BCUT2D eigenvalue weighted by atomic mass is 10.1. The highest BCUT2D eigenvalue weighted by Gasteiger charge is 2.21. The van der Waals surface area contributed by atoms with Gasteiger partial charge in [-0.15, -0.1) is 0 Å². The predicted octanol–water partition coefficient (Wildman–Crippen LogP) is 2.56. The van der Waals surface area contributed by atoms with Crippen LogP contribution in [0.2, 0.25) is 0 Å². The maximum Gasteiger partial charge on any atom is 0.316 e. The largest absolute Gasteiger partial charge is 0.491 e. The van der Waals surface area contributed by atoms with Crippen molar-refractivity contribution in [2.45, 2.75) is 13.8 Å². The number of nitrogens with zero attached hydrogens (tertiary/aromatic N) is 2. The first-order valence-corrected chi connectivity index (χ1v) is 7.37. The number of azo groups is 1. The van der Waals surface area contributed by atoms with E-state index >= 15 is 0 Å². The van der Waals surface area contributed by atoms with Crippen LogP contribution in [0, 0.1) is 5.92 Å². The Balaban J connectivity index is 2.45. The summed E-state index contributed by atoms with van der Waals surface area (Å²) in [4.78, 5) is 23.2. The van der Waals surface area contributed by atoms with Crippen LogP contribution in [0.1, 0.15) is 13.8 Å². The van der Waals surface area contributed by atoms with Crippen molar-refractivity contribution in [2.75, 3.05) is 33.5 Å². The van der Waals surface area contributed by atoms with Gasteiger partial charge < -0.3 is 14.2 Å². The van der Waals surface area contributed by atoms with Gasteiger partial charge in [-0.1, -0.05) is 0 Å². The van der Waals surface area contributed by atoms with Crippen molar-refractivity contribution < 1.29 is 23.8 Å². The fraction of sp³-hybridized carbons (Fsp3) is 0.500. The monoisotopic (exact) mass is 322 g/mol. The lowest BCUT2D eigenvalue weighted by Gasteiger charge is -2.07. The average Bonchev–Trinajstić information content (AvgIpc) is 2.56. The molecule has 1 atom stereocenters. The van der Waals surface area contributed by atoms with Crippen molar-refractivity contribution in [2.24, 2.45) is 16.1 Å². The summed E-state index contributed by atoms with van der Waals surface area (Å²) in [6.07, 6.45) is 0. The second-order valence-electron chi connectivity index (χ2n) is 4.67. The van der Waals surface area contributed by atoms with Crippen molar-refractivity contribution in [1.82, 2.24) is 0 Å². The van der Waals surface area contributed by atoms with E-state index in [2.05, 4.69) is 10.2 Å². The number of carbonyl (C=O) groups is 2. The summed E-state index contributed by atoms with van der Waals surface area (Å²) in [7, 11) is 1.61. The average molecular weight is 322 g/mol. The molecular formula is C16H22N2O5. The Morgan fingerprint density at radius 1 is 1.17 bits per heavy atom. The van der Waals surface area contributed by atoms with Crippen molar-refractivity contribution >= 4 is 17.4 Å². The Labute approximate surface area is 135 Å². The molecule has 0 N–H and O–H groups in total. The zero-order chi connectivity index (χ0) is 17.1. The van der Waals surface area contributed by atoms with Gasteiger partial charge >= 0.3 is 5.97 Å². The number of hydrogen-bond donors (Lipinski definition) is 0. The molecule has 0 aliphatic heterocycles. The molecule has 0 aromatic heterocycles. The summed E-state index contributed by atoms with van der Waals surface area (Å²) < 4.78 is 15.1. The molecule has 0 radical (unpaired) electrons. The fourth-order valence-electron chi connectivity index (χ4n) is 1.57. The Morgan fingerprint density at radius 2 is 1.87 bits per heavy atom. The molecule has 7 heteroatoms. The van der Waals surface area contributed by atoms with E-state index in [1.54, 1.807) is 38.3 Å². The molecule has 0 aliphatic carbocycles. The van der Waals surface area contributed by atoms with Crippen LogP contribution < -0.4 is 4.74 Å². The SMILES string of the molecule is CCOC(=O)C(C)C(=O)CN=Nc1ccc(OCCOC)cc1. The first kappa shape index (κ1) is 18.8. The van der Waals surface area contributed by atoms with E-state index in [9.17, 15) is 9.59 Å². The number of hydrogen-bond acceptors (Lipinski definition) is 7. The van der Waals surface area contributed by atoms with Gasteiger partial charge in [0.05, 0.1) is 18.9 Å². The third-order valence-electron chi connectivity index (χ3n) is 2.93. The number of rotatable bonds is 10. The molecule has 1 aromatic rings. The highest BCUT2D eigenvalue weighted by atomic mass is 16.5. The second-order valence-corrected chi connectivity index (χ2v) is 4.67. The van der Waals surface area contributed by atoms with Gasteiger partial charge in [0.15, 0.2) is 5.78 Å². The van der Waals surface area contributed by atoms with Gasteiger partial charge in [-0.25, -0.2) is 0 Å². The highest BCUT2D eigenvalue weighted by Crippen LogP contribution is 2.18. The minimum Gasteiger partial charge on any atom is -0.491 e. The molecule has 0 saturated carbocycles. The Bertz CT molecular complexity index is 528. The summed E-state index contributed by atoms with van der Waals surface area (Å²) in [5.74, 6) is -0.990. The van der Waals surface area contributed by atoms with E-state index in [1.165, 1.54) is 6.92 Å². The first-order valence-electron chi connectivity index (χ1n) is 7.37. The van der Waals surface area contributed by atoms with Crippen LogP contribution in [-0.2, 0) is 19.1 Å². The first-order chi connectivity index (χ1) is 11.1. The molecule has 23 heavy (non-hydrogen) atoms. The summed E-state index contributed by atoms with van der Waals surface area (Å²) in [6.45, 7) is 4.27. The summed E-state index contributed by atoms with van der Waals surface area (Å²) >= 11 is 0. The van der Waals surface area contributed by atoms with Gasteiger partial charge in [-0.05, 0) is 38.1 Å². The number of methoxy groups -OCH3 is 1. The van der Waals surface area contributed by atoms with Crippen LogP contribution in [0.3, 0.4) is 0 Å². The molecule has 0 saturated heterocycles. The van der Waals surface area contributed by atoms with E-state index < -0.39 is 11.9 Å². The molecule has 0 bridgehead atoms. The van der Waals surface area contributed by atoms with E-state index in [0.717, 1.165) is 0 Å². The zero-order valence-corrected chi connectivity index (χ0v) is 13.7. The maximum atomic E-state index is 11.8. The van der Waals surface area contributed by atoms with Crippen molar-refractivity contribution in [1.29, 1.82) is 0 Å². The van der Waals surface area contributed by atoms with Gasteiger partial charge in [0.2, 0.25) is 0 Å². The van der Waals surface area contributed by atoms with Gasteiger partial charge in [0.1, 0.15) is 24.8 Å². The van der Waals surface area contributed by atoms with Crippen LogP contribution in [0.5, 0.6) is 5.75 Å². The molecule has 1 unspecified atom stereocenters. The van der Waals surface area contributed by atoms with Crippen LogP contribution in [0.4, 0.5) is 5.69 Å². The quantitative estimate of drug-likeness (QED) is 0.286. The lowest BCUT2D eigenvalue weighted by Crippen LogP contribution is -2.25. The van der Waals surface area contributed by atoms with Crippen molar-refractivity contribution in [3.63, 3.8) is 0 Å². The molecule has 0 aliphatic rings. The van der Waals surface area contributed by atoms with E-state index in [4.69, 9.17) is 14.2 Å². The minimum absolute atomic E-state index is 0.161. The third-order valence-corrected chi connectivity index (χ3v) is 2.93. The molecule has 7 nitrogen and oxygen atoms in total. The molecule has 0 fully saturated rings. The number of carbonyl (C=O) groups excluding carboxylic acids is 2. The molecule has 1 rings (SSSR count). The molecular weight excluding hydrogens is 300 g/mol. The van der Waals surface area contributed by atoms with Crippen LogP contribution in [0.25, 0.3) is 0 Å².